The number of amides is 1. The standard InChI is InChI=1S/C24H35N3O3/c28-23(27-11-5-20(6-12-27)26-13-15-29-16-14-26)17-19-18-24(7-9-25-10-8-24)30-22-4-2-1-3-21(19)22/h1-4,19-20,25H,5-18H2. The van der Waals surface area contributed by atoms with Crippen LogP contribution < -0.4 is 10.1 Å². The smallest absolute Gasteiger partial charge is 0.223 e. The largest absolute Gasteiger partial charge is 0.487 e. The summed E-state index contributed by atoms with van der Waals surface area (Å²) in [6.07, 6.45) is 5.80. The van der Waals surface area contributed by atoms with E-state index in [2.05, 4.69) is 33.3 Å². The Labute approximate surface area is 179 Å². The molecule has 4 aliphatic rings. The first kappa shape index (κ1) is 20.3. The van der Waals surface area contributed by atoms with Crippen LogP contribution in [0.3, 0.4) is 0 Å². The van der Waals surface area contributed by atoms with Gasteiger partial charge in [0.2, 0.25) is 5.91 Å². The number of likely N-dealkylation sites (tertiary alicyclic amines) is 1. The Balaban J connectivity index is 1.23. The predicted octanol–water partition coefficient (Wildman–Crippen LogP) is 2.39. The van der Waals surface area contributed by atoms with Gasteiger partial charge in [-0.3, -0.25) is 9.69 Å². The highest BCUT2D eigenvalue weighted by molar-refractivity contribution is 5.77. The van der Waals surface area contributed by atoms with Crippen molar-refractivity contribution in [2.24, 2.45) is 0 Å². The van der Waals surface area contributed by atoms with Crippen molar-refractivity contribution >= 4 is 5.91 Å². The van der Waals surface area contributed by atoms with Crippen molar-refractivity contribution in [2.45, 2.75) is 56.1 Å². The summed E-state index contributed by atoms with van der Waals surface area (Å²) in [5, 5.41) is 3.45. The molecule has 5 rings (SSSR count). The maximum absolute atomic E-state index is 13.3. The van der Waals surface area contributed by atoms with Gasteiger partial charge in [-0.05, 0) is 56.8 Å². The lowest BCUT2D eigenvalue weighted by Crippen LogP contribution is -2.51. The third-order valence-electron chi connectivity index (χ3n) is 7.62. The summed E-state index contributed by atoms with van der Waals surface area (Å²) in [5.74, 6) is 1.58. The topological polar surface area (TPSA) is 54.0 Å². The summed E-state index contributed by atoms with van der Waals surface area (Å²) in [4.78, 5) is 17.9. The van der Waals surface area contributed by atoms with Gasteiger partial charge in [0.25, 0.3) is 0 Å². The van der Waals surface area contributed by atoms with Crippen LogP contribution in [0, 0.1) is 0 Å². The summed E-state index contributed by atoms with van der Waals surface area (Å²) >= 11 is 0. The third kappa shape index (κ3) is 4.23. The molecule has 0 aliphatic carbocycles. The van der Waals surface area contributed by atoms with E-state index in [4.69, 9.17) is 9.47 Å². The minimum atomic E-state index is -0.103. The fourth-order valence-corrected chi connectivity index (χ4v) is 5.88. The number of nitrogens with one attached hydrogen (secondary N) is 1. The molecular weight excluding hydrogens is 378 g/mol. The molecule has 164 valence electrons. The number of piperidine rings is 2. The SMILES string of the molecule is O=C(CC1CC2(CCNCC2)Oc2ccccc21)N1CCC(N2CCOCC2)CC1. The molecule has 1 aromatic rings. The summed E-state index contributed by atoms with van der Waals surface area (Å²) in [6.45, 7) is 7.54. The van der Waals surface area contributed by atoms with Crippen LogP contribution in [0.1, 0.15) is 50.0 Å². The lowest BCUT2D eigenvalue weighted by atomic mass is 9.76. The van der Waals surface area contributed by atoms with Gasteiger partial charge in [-0.1, -0.05) is 18.2 Å². The molecule has 3 fully saturated rings. The van der Waals surface area contributed by atoms with Crippen LogP contribution >= 0.6 is 0 Å². The zero-order valence-corrected chi connectivity index (χ0v) is 18.0. The molecule has 1 atom stereocenters. The number of para-hydroxylation sites is 1. The Morgan fingerprint density at radius 3 is 2.57 bits per heavy atom. The van der Waals surface area contributed by atoms with Crippen LogP contribution in [0.15, 0.2) is 24.3 Å². The van der Waals surface area contributed by atoms with Gasteiger partial charge >= 0.3 is 0 Å². The number of rotatable bonds is 3. The summed E-state index contributed by atoms with van der Waals surface area (Å²) in [5.41, 5.74) is 1.12. The highest BCUT2D eigenvalue weighted by Crippen LogP contribution is 2.46. The number of carbonyl (C=O) groups is 1. The Morgan fingerprint density at radius 1 is 1.07 bits per heavy atom. The van der Waals surface area contributed by atoms with Gasteiger partial charge in [0, 0.05) is 44.6 Å². The van der Waals surface area contributed by atoms with E-state index >= 15 is 0 Å². The second-order valence-corrected chi connectivity index (χ2v) is 9.44. The van der Waals surface area contributed by atoms with Crippen molar-refractivity contribution in [3.8, 4) is 5.75 Å². The maximum Gasteiger partial charge on any atom is 0.223 e. The van der Waals surface area contributed by atoms with Crippen molar-refractivity contribution in [1.29, 1.82) is 0 Å². The van der Waals surface area contributed by atoms with Crippen LogP contribution in [0.5, 0.6) is 5.75 Å². The molecule has 4 aliphatic heterocycles. The Hall–Kier alpha value is -1.63. The van der Waals surface area contributed by atoms with E-state index in [0.717, 1.165) is 90.3 Å². The minimum Gasteiger partial charge on any atom is -0.487 e. The van der Waals surface area contributed by atoms with Crippen LogP contribution in [0.4, 0.5) is 0 Å². The molecule has 0 radical (unpaired) electrons. The lowest BCUT2D eigenvalue weighted by Gasteiger charge is -2.45. The zero-order valence-electron chi connectivity index (χ0n) is 18.0. The van der Waals surface area contributed by atoms with E-state index in [1.165, 1.54) is 5.56 Å². The molecule has 1 spiro atoms. The molecule has 1 N–H and O–H groups in total. The average molecular weight is 414 g/mol. The number of hydrogen-bond donors (Lipinski definition) is 1. The molecule has 30 heavy (non-hydrogen) atoms. The van der Waals surface area contributed by atoms with Crippen molar-refractivity contribution < 1.29 is 14.3 Å². The number of ether oxygens (including phenoxy) is 2. The highest BCUT2D eigenvalue weighted by atomic mass is 16.5. The van der Waals surface area contributed by atoms with Crippen LogP contribution in [0.25, 0.3) is 0 Å². The van der Waals surface area contributed by atoms with Crippen LogP contribution in [-0.4, -0.2) is 79.8 Å². The molecular formula is C24H35N3O3. The summed E-state index contributed by atoms with van der Waals surface area (Å²) < 4.78 is 12.0. The number of morpholine rings is 1. The van der Waals surface area contributed by atoms with E-state index in [0.29, 0.717) is 18.4 Å². The summed E-state index contributed by atoms with van der Waals surface area (Å²) in [6, 6.07) is 8.98. The monoisotopic (exact) mass is 413 g/mol. The van der Waals surface area contributed by atoms with Crippen molar-refractivity contribution in [3.05, 3.63) is 29.8 Å². The van der Waals surface area contributed by atoms with Gasteiger partial charge < -0.3 is 19.7 Å². The zero-order chi connectivity index (χ0) is 20.4. The van der Waals surface area contributed by atoms with Gasteiger partial charge in [-0.2, -0.15) is 0 Å². The molecule has 4 heterocycles. The first-order valence-corrected chi connectivity index (χ1v) is 11.8. The molecule has 0 aromatic heterocycles. The number of nitrogens with zero attached hydrogens (tertiary/aromatic N) is 2. The number of carbonyl (C=O) groups excluding carboxylic acids is 1. The second kappa shape index (κ2) is 8.85. The number of hydrogen-bond acceptors (Lipinski definition) is 5. The van der Waals surface area contributed by atoms with Gasteiger partial charge in [0.1, 0.15) is 11.4 Å². The number of benzene rings is 1. The molecule has 6 nitrogen and oxygen atoms in total. The minimum absolute atomic E-state index is 0.103. The third-order valence-corrected chi connectivity index (χ3v) is 7.62. The quantitative estimate of drug-likeness (QED) is 0.825. The molecule has 1 amide bonds. The molecule has 1 aromatic carbocycles. The summed E-state index contributed by atoms with van der Waals surface area (Å²) in [7, 11) is 0. The van der Waals surface area contributed by atoms with Crippen LogP contribution in [0.2, 0.25) is 0 Å². The lowest BCUT2D eigenvalue weighted by molar-refractivity contribution is -0.134. The van der Waals surface area contributed by atoms with Gasteiger partial charge in [-0.15, -0.1) is 0 Å². The fourth-order valence-electron chi connectivity index (χ4n) is 5.88. The first-order chi connectivity index (χ1) is 14.7. The van der Waals surface area contributed by atoms with Crippen molar-refractivity contribution in [3.63, 3.8) is 0 Å². The fraction of sp³-hybridized carbons (Fsp3) is 0.708. The molecule has 0 bridgehead atoms. The van der Waals surface area contributed by atoms with E-state index in [1.54, 1.807) is 0 Å². The van der Waals surface area contributed by atoms with Gasteiger partial charge in [0.15, 0.2) is 0 Å². The van der Waals surface area contributed by atoms with E-state index in [9.17, 15) is 4.79 Å². The molecule has 6 heteroatoms. The Morgan fingerprint density at radius 2 is 1.80 bits per heavy atom. The Bertz CT molecular complexity index is 735. The molecule has 1 unspecified atom stereocenters. The van der Waals surface area contributed by atoms with E-state index in [1.807, 2.05) is 6.07 Å². The number of fused-ring (bicyclic) bond motifs is 1. The van der Waals surface area contributed by atoms with Crippen molar-refractivity contribution in [2.75, 3.05) is 52.5 Å². The first-order valence-electron chi connectivity index (χ1n) is 11.8. The van der Waals surface area contributed by atoms with E-state index < -0.39 is 0 Å². The maximum atomic E-state index is 13.3. The normalized spacial score (nSPS) is 27.5. The van der Waals surface area contributed by atoms with E-state index in [-0.39, 0.29) is 11.5 Å². The van der Waals surface area contributed by atoms with Gasteiger partial charge in [-0.25, -0.2) is 0 Å². The highest BCUT2D eigenvalue weighted by Gasteiger charge is 2.42. The predicted molar refractivity (Wildman–Crippen MR) is 116 cm³/mol. The van der Waals surface area contributed by atoms with Crippen LogP contribution in [-0.2, 0) is 9.53 Å². The molecule has 0 saturated carbocycles. The molecule has 3 saturated heterocycles. The second-order valence-electron chi connectivity index (χ2n) is 9.44. The van der Waals surface area contributed by atoms with Crippen molar-refractivity contribution in [1.82, 2.24) is 15.1 Å². The average Bonchev–Trinajstić information content (AvgIpc) is 2.80. The Kier molecular flexibility index (Phi) is 5.98. The van der Waals surface area contributed by atoms with Gasteiger partial charge in [0.05, 0.1) is 13.2 Å².